The lowest BCUT2D eigenvalue weighted by molar-refractivity contribution is -0.870. The summed E-state index contributed by atoms with van der Waals surface area (Å²) in [7, 11) is 1.89. The number of rotatable bonds is 24. The number of likely N-dealkylation sites (N-methyl/N-ethyl adjacent to an activating group) is 1. The van der Waals surface area contributed by atoms with Gasteiger partial charge in [-0.3, -0.25) is 9.05 Å². The summed E-state index contributed by atoms with van der Waals surface area (Å²) in [6.07, 6.45) is 18.0. The van der Waals surface area contributed by atoms with Crippen molar-refractivity contribution in [2.24, 2.45) is 0 Å². The van der Waals surface area contributed by atoms with E-state index in [0.717, 1.165) is 12.8 Å². The van der Waals surface area contributed by atoms with Crippen molar-refractivity contribution in [3.05, 3.63) is 0 Å². The van der Waals surface area contributed by atoms with Crippen LogP contribution in [0.2, 0.25) is 0 Å². The monoisotopic (exact) mass is 500 g/mol. The number of phosphoric ester groups is 1. The Hall–Kier alpha value is 0.320. The van der Waals surface area contributed by atoms with Gasteiger partial charge in [0, 0.05) is 6.61 Å². The van der Waals surface area contributed by atoms with Crippen molar-refractivity contribution in [3.63, 3.8) is 0 Å². The van der Waals surface area contributed by atoms with E-state index in [0.29, 0.717) is 17.6 Å². The number of unbranched alkanes of at least 4 members (excludes halogenated alkanes) is 13. The van der Waals surface area contributed by atoms with E-state index in [9.17, 15) is 9.46 Å². The maximum Gasteiger partial charge on any atom is 0.472 e. The maximum atomic E-state index is 11.9. The molecule has 0 rings (SSSR count). The van der Waals surface area contributed by atoms with Gasteiger partial charge in [0.2, 0.25) is 0 Å². The second-order valence-electron chi connectivity index (χ2n) is 9.85. The summed E-state index contributed by atoms with van der Waals surface area (Å²) in [5.74, 6) is 0.220. The van der Waals surface area contributed by atoms with Crippen molar-refractivity contribution < 1.29 is 27.7 Å². The second-order valence-corrected chi connectivity index (χ2v) is 11.6. The SMILES string of the molecule is CCCCCCCCCCCCCCCCOC(CCl)COP(=O)(O)OCC[N+](C)(C)C. The molecule has 0 amide bonds. The summed E-state index contributed by atoms with van der Waals surface area (Å²) in [6.45, 7) is 3.59. The molecule has 0 aromatic rings. The average Bonchev–Trinajstić information content (AvgIpc) is 2.72. The molecule has 8 heteroatoms. The first-order valence-electron chi connectivity index (χ1n) is 12.8. The highest BCUT2D eigenvalue weighted by Gasteiger charge is 2.24. The lowest BCUT2D eigenvalue weighted by atomic mass is 10.0. The summed E-state index contributed by atoms with van der Waals surface area (Å²) in [5, 5.41) is 0. The summed E-state index contributed by atoms with van der Waals surface area (Å²) in [5.41, 5.74) is 0. The molecule has 0 saturated carbocycles. The quantitative estimate of drug-likeness (QED) is 0.0673. The van der Waals surface area contributed by atoms with Gasteiger partial charge in [0.25, 0.3) is 0 Å². The van der Waals surface area contributed by atoms with Gasteiger partial charge in [-0.25, -0.2) is 4.57 Å². The van der Waals surface area contributed by atoms with E-state index in [4.69, 9.17) is 25.4 Å². The van der Waals surface area contributed by atoms with Crippen LogP contribution in [0.25, 0.3) is 0 Å². The predicted octanol–water partition coefficient (Wildman–Crippen LogP) is 6.93. The Balaban J connectivity index is 3.56. The molecule has 0 saturated heterocycles. The first kappa shape index (κ1) is 32.3. The van der Waals surface area contributed by atoms with Crippen LogP contribution in [0.5, 0.6) is 0 Å². The molecule has 6 nitrogen and oxygen atoms in total. The maximum absolute atomic E-state index is 11.9. The average molecular weight is 501 g/mol. The molecule has 0 radical (unpaired) electrons. The molecule has 0 aliphatic rings. The van der Waals surface area contributed by atoms with E-state index in [2.05, 4.69) is 6.92 Å². The molecule has 0 aromatic carbocycles. The highest BCUT2D eigenvalue weighted by Crippen LogP contribution is 2.43. The summed E-state index contributed by atoms with van der Waals surface area (Å²) >= 11 is 5.91. The van der Waals surface area contributed by atoms with Crippen LogP contribution >= 0.6 is 19.4 Å². The van der Waals surface area contributed by atoms with Gasteiger partial charge in [0.1, 0.15) is 13.2 Å². The fourth-order valence-corrected chi connectivity index (χ4v) is 4.25. The Morgan fingerprint density at radius 3 is 1.69 bits per heavy atom. The van der Waals surface area contributed by atoms with Crippen molar-refractivity contribution in [1.29, 1.82) is 0 Å². The third-order valence-electron chi connectivity index (χ3n) is 5.46. The topological polar surface area (TPSA) is 65.0 Å². The van der Waals surface area contributed by atoms with Crippen LogP contribution in [0.4, 0.5) is 0 Å². The molecule has 194 valence electrons. The van der Waals surface area contributed by atoms with Crippen molar-refractivity contribution in [2.75, 3.05) is 53.4 Å². The largest absolute Gasteiger partial charge is 0.472 e. The lowest BCUT2D eigenvalue weighted by Crippen LogP contribution is -2.37. The molecule has 0 aliphatic carbocycles. The van der Waals surface area contributed by atoms with Crippen LogP contribution in [0, 0.1) is 0 Å². The van der Waals surface area contributed by atoms with Gasteiger partial charge in [-0.05, 0) is 6.42 Å². The first-order valence-corrected chi connectivity index (χ1v) is 14.8. The van der Waals surface area contributed by atoms with Crippen molar-refractivity contribution >= 4 is 19.4 Å². The smallest absolute Gasteiger partial charge is 0.375 e. The number of alkyl halides is 1. The molecule has 1 N–H and O–H groups in total. The van der Waals surface area contributed by atoms with E-state index < -0.39 is 13.9 Å². The molecular weight excluding hydrogens is 449 g/mol. The Morgan fingerprint density at radius 1 is 0.781 bits per heavy atom. The number of hydrogen-bond acceptors (Lipinski definition) is 4. The third kappa shape index (κ3) is 23.5. The lowest BCUT2D eigenvalue weighted by Gasteiger charge is -2.24. The van der Waals surface area contributed by atoms with E-state index in [1.807, 2.05) is 21.1 Å². The van der Waals surface area contributed by atoms with E-state index in [1.165, 1.54) is 77.0 Å². The fourth-order valence-electron chi connectivity index (χ4n) is 3.33. The van der Waals surface area contributed by atoms with Gasteiger partial charge in [-0.2, -0.15) is 0 Å². The Labute approximate surface area is 203 Å². The van der Waals surface area contributed by atoms with Gasteiger partial charge in [0.05, 0.1) is 39.7 Å². The molecule has 32 heavy (non-hydrogen) atoms. The van der Waals surface area contributed by atoms with Crippen LogP contribution in [-0.2, 0) is 18.3 Å². The molecular formula is C24H52ClNO5P+. The fraction of sp³-hybridized carbons (Fsp3) is 1.00. The molecule has 2 unspecified atom stereocenters. The Morgan fingerprint density at radius 2 is 1.25 bits per heavy atom. The molecule has 0 fully saturated rings. The van der Waals surface area contributed by atoms with Gasteiger partial charge in [-0.15, -0.1) is 11.6 Å². The zero-order valence-corrected chi connectivity index (χ0v) is 23.0. The van der Waals surface area contributed by atoms with Crippen molar-refractivity contribution in [2.45, 2.75) is 103 Å². The van der Waals surface area contributed by atoms with Gasteiger partial charge in [0.15, 0.2) is 0 Å². The zero-order chi connectivity index (χ0) is 24.1. The van der Waals surface area contributed by atoms with Gasteiger partial charge < -0.3 is 14.1 Å². The summed E-state index contributed by atoms with van der Waals surface area (Å²) in [4.78, 5) is 9.77. The zero-order valence-electron chi connectivity index (χ0n) is 21.4. The van der Waals surface area contributed by atoms with Crippen LogP contribution in [-0.4, -0.2) is 68.9 Å². The van der Waals surface area contributed by atoms with Crippen LogP contribution < -0.4 is 0 Å². The number of halogens is 1. The predicted molar refractivity (Wildman–Crippen MR) is 135 cm³/mol. The second kappa shape index (κ2) is 20.7. The number of hydrogen-bond donors (Lipinski definition) is 1. The normalized spacial score (nSPS) is 15.1. The van der Waals surface area contributed by atoms with Crippen LogP contribution in [0.15, 0.2) is 0 Å². The van der Waals surface area contributed by atoms with Gasteiger partial charge in [-0.1, -0.05) is 90.4 Å². The Kier molecular flexibility index (Phi) is 20.9. The molecule has 2 atom stereocenters. The Bertz CT molecular complexity index is 462. The number of nitrogens with zero attached hydrogens (tertiary/aromatic N) is 1. The van der Waals surface area contributed by atoms with E-state index >= 15 is 0 Å². The minimum Gasteiger partial charge on any atom is -0.375 e. The van der Waals surface area contributed by atoms with Crippen molar-refractivity contribution in [3.8, 4) is 0 Å². The summed E-state index contributed by atoms with van der Waals surface area (Å²) in [6, 6.07) is 0. The van der Waals surface area contributed by atoms with E-state index in [-0.39, 0.29) is 19.1 Å². The number of phosphoric acid groups is 1. The van der Waals surface area contributed by atoms with Gasteiger partial charge >= 0.3 is 7.82 Å². The van der Waals surface area contributed by atoms with Crippen LogP contribution in [0.1, 0.15) is 96.8 Å². The van der Waals surface area contributed by atoms with Crippen LogP contribution in [0.3, 0.4) is 0 Å². The standard InChI is InChI=1S/C24H51ClNO5P/c1-5-6-7-8-9-10-11-12-13-14-15-16-17-18-20-29-24(22-25)23-31-32(27,28)30-21-19-26(2,3)4/h24H,5-23H2,1-4H3/p+1. The molecule has 0 heterocycles. The first-order chi connectivity index (χ1) is 15.2. The highest BCUT2D eigenvalue weighted by atomic mass is 35.5. The summed E-state index contributed by atoms with van der Waals surface area (Å²) < 4.78 is 28.3. The number of quaternary nitrogens is 1. The molecule has 0 bridgehead atoms. The third-order valence-corrected chi connectivity index (χ3v) is 6.79. The molecule has 0 aliphatic heterocycles. The highest BCUT2D eigenvalue weighted by molar-refractivity contribution is 7.47. The number of ether oxygens (including phenoxy) is 1. The minimum absolute atomic E-state index is 0.0414. The molecule has 0 aromatic heterocycles. The van der Waals surface area contributed by atoms with Crippen molar-refractivity contribution in [1.82, 2.24) is 0 Å². The molecule has 0 spiro atoms. The minimum atomic E-state index is -4.07. The van der Waals surface area contributed by atoms with E-state index in [1.54, 1.807) is 0 Å².